The van der Waals surface area contributed by atoms with Crippen LogP contribution >= 0.6 is 0 Å². The zero-order valence-corrected chi connectivity index (χ0v) is 12.4. The molecule has 0 fully saturated rings. The third-order valence-electron chi connectivity index (χ3n) is 3.78. The van der Waals surface area contributed by atoms with E-state index in [9.17, 15) is 9.50 Å². The van der Waals surface area contributed by atoms with E-state index in [1.54, 1.807) is 0 Å². The number of aliphatic hydroxyl groups is 1. The largest absolute Gasteiger partial charge is 0.396 e. The summed E-state index contributed by atoms with van der Waals surface area (Å²) in [5, 5.41) is 12.7. The minimum atomic E-state index is -0.201. The SMILES string of the molecule is CC(C)C(CO)CNCC(C)(C)c1ccc(F)cc1. The van der Waals surface area contributed by atoms with Crippen LogP contribution in [0, 0.1) is 17.7 Å². The topological polar surface area (TPSA) is 32.3 Å². The smallest absolute Gasteiger partial charge is 0.123 e. The van der Waals surface area contributed by atoms with Crippen molar-refractivity contribution in [2.45, 2.75) is 33.1 Å². The zero-order valence-electron chi connectivity index (χ0n) is 12.4. The van der Waals surface area contributed by atoms with Crippen LogP contribution < -0.4 is 5.32 Å². The predicted octanol–water partition coefficient (Wildman–Crippen LogP) is 2.96. The molecule has 108 valence electrons. The quantitative estimate of drug-likeness (QED) is 0.796. The van der Waals surface area contributed by atoms with Gasteiger partial charge in [0.05, 0.1) is 0 Å². The molecule has 0 aromatic heterocycles. The van der Waals surface area contributed by atoms with Gasteiger partial charge in [0.1, 0.15) is 5.82 Å². The highest BCUT2D eigenvalue weighted by molar-refractivity contribution is 5.24. The van der Waals surface area contributed by atoms with Gasteiger partial charge in [0, 0.05) is 25.1 Å². The van der Waals surface area contributed by atoms with Crippen molar-refractivity contribution in [3.8, 4) is 0 Å². The highest BCUT2D eigenvalue weighted by Crippen LogP contribution is 2.22. The van der Waals surface area contributed by atoms with Crippen molar-refractivity contribution >= 4 is 0 Å². The first-order valence-electron chi connectivity index (χ1n) is 6.94. The molecule has 1 unspecified atom stereocenters. The Balaban J connectivity index is 2.53. The Morgan fingerprint density at radius 2 is 1.79 bits per heavy atom. The Labute approximate surface area is 116 Å². The lowest BCUT2D eigenvalue weighted by Gasteiger charge is -2.27. The Hall–Kier alpha value is -0.930. The number of halogens is 1. The number of rotatable bonds is 7. The highest BCUT2D eigenvalue weighted by Gasteiger charge is 2.21. The first-order valence-corrected chi connectivity index (χ1v) is 6.94. The van der Waals surface area contributed by atoms with Crippen molar-refractivity contribution in [1.82, 2.24) is 5.32 Å². The molecule has 0 heterocycles. The molecule has 1 aromatic rings. The van der Waals surface area contributed by atoms with Gasteiger partial charge in [0.25, 0.3) is 0 Å². The molecule has 2 nitrogen and oxygen atoms in total. The molecular formula is C16H26FNO. The summed E-state index contributed by atoms with van der Waals surface area (Å²) in [5.41, 5.74) is 1.07. The van der Waals surface area contributed by atoms with Gasteiger partial charge in [-0.1, -0.05) is 39.8 Å². The van der Waals surface area contributed by atoms with Crippen LogP contribution in [0.25, 0.3) is 0 Å². The van der Waals surface area contributed by atoms with Crippen LogP contribution in [-0.4, -0.2) is 24.8 Å². The highest BCUT2D eigenvalue weighted by atomic mass is 19.1. The van der Waals surface area contributed by atoms with Crippen LogP contribution in [0.2, 0.25) is 0 Å². The minimum absolute atomic E-state index is 0.0509. The van der Waals surface area contributed by atoms with Crippen LogP contribution in [0.4, 0.5) is 4.39 Å². The monoisotopic (exact) mass is 267 g/mol. The summed E-state index contributed by atoms with van der Waals surface area (Å²) in [4.78, 5) is 0. The van der Waals surface area contributed by atoms with Gasteiger partial charge < -0.3 is 10.4 Å². The molecule has 0 radical (unpaired) electrons. The lowest BCUT2D eigenvalue weighted by atomic mass is 9.84. The van der Waals surface area contributed by atoms with E-state index < -0.39 is 0 Å². The van der Waals surface area contributed by atoms with Crippen molar-refractivity contribution in [3.63, 3.8) is 0 Å². The van der Waals surface area contributed by atoms with Gasteiger partial charge in [-0.2, -0.15) is 0 Å². The first kappa shape index (κ1) is 16.1. The number of hydrogen-bond donors (Lipinski definition) is 2. The van der Waals surface area contributed by atoms with Gasteiger partial charge >= 0.3 is 0 Å². The van der Waals surface area contributed by atoms with Crippen LogP contribution in [-0.2, 0) is 5.41 Å². The Morgan fingerprint density at radius 3 is 2.26 bits per heavy atom. The standard InChI is InChI=1S/C16H26FNO/c1-12(2)13(10-19)9-18-11-16(3,4)14-5-7-15(17)8-6-14/h5-8,12-13,18-19H,9-11H2,1-4H3. The van der Waals surface area contributed by atoms with E-state index in [1.807, 2.05) is 12.1 Å². The molecule has 3 heteroatoms. The normalized spacial score (nSPS) is 13.8. The Bertz CT molecular complexity index is 373. The third-order valence-corrected chi connectivity index (χ3v) is 3.78. The van der Waals surface area contributed by atoms with E-state index in [0.29, 0.717) is 5.92 Å². The molecule has 0 aliphatic carbocycles. The molecule has 0 saturated carbocycles. The molecule has 1 atom stereocenters. The van der Waals surface area contributed by atoms with Crippen molar-refractivity contribution < 1.29 is 9.50 Å². The van der Waals surface area contributed by atoms with Crippen molar-refractivity contribution in [3.05, 3.63) is 35.6 Å². The van der Waals surface area contributed by atoms with E-state index in [2.05, 4.69) is 33.0 Å². The summed E-state index contributed by atoms with van der Waals surface area (Å²) in [7, 11) is 0. The first-order chi connectivity index (χ1) is 8.86. The molecule has 0 spiro atoms. The maximum absolute atomic E-state index is 12.9. The van der Waals surface area contributed by atoms with Gasteiger partial charge in [-0.3, -0.25) is 0 Å². The molecule has 0 aliphatic heterocycles. The average molecular weight is 267 g/mol. The zero-order chi connectivity index (χ0) is 14.5. The summed E-state index contributed by atoms with van der Waals surface area (Å²) in [6.07, 6.45) is 0. The number of nitrogens with one attached hydrogen (secondary N) is 1. The molecule has 0 bridgehead atoms. The number of hydrogen-bond acceptors (Lipinski definition) is 2. The molecule has 0 aliphatic rings. The van der Waals surface area contributed by atoms with Crippen LogP contribution in [0.5, 0.6) is 0 Å². The van der Waals surface area contributed by atoms with Crippen LogP contribution in [0.15, 0.2) is 24.3 Å². The van der Waals surface area contributed by atoms with E-state index >= 15 is 0 Å². The van der Waals surface area contributed by atoms with E-state index in [1.165, 1.54) is 12.1 Å². The molecule has 0 saturated heterocycles. The summed E-state index contributed by atoms with van der Waals surface area (Å²) in [5.74, 6) is 0.545. The summed E-state index contributed by atoms with van der Waals surface area (Å²) in [6.45, 7) is 10.3. The molecule has 19 heavy (non-hydrogen) atoms. The molecule has 0 amide bonds. The van der Waals surface area contributed by atoms with Crippen molar-refractivity contribution in [2.24, 2.45) is 11.8 Å². The lowest BCUT2D eigenvalue weighted by molar-refractivity contribution is 0.184. The minimum Gasteiger partial charge on any atom is -0.396 e. The molecule has 1 aromatic carbocycles. The maximum atomic E-state index is 12.9. The maximum Gasteiger partial charge on any atom is 0.123 e. The fourth-order valence-corrected chi connectivity index (χ4v) is 2.08. The lowest BCUT2D eigenvalue weighted by Crippen LogP contribution is -2.37. The third kappa shape index (κ3) is 4.92. The van der Waals surface area contributed by atoms with Crippen molar-refractivity contribution in [1.29, 1.82) is 0 Å². The van der Waals surface area contributed by atoms with Gasteiger partial charge in [-0.25, -0.2) is 4.39 Å². The number of aliphatic hydroxyl groups excluding tert-OH is 1. The summed E-state index contributed by atoms with van der Waals surface area (Å²) in [6, 6.07) is 6.68. The second-order valence-corrected chi connectivity index (χ2v) is 6.21. The Kier molecular flexibility index (Phi) is 5.95. The van der Waals surface area contributed by atoms with E-state index in [0.717, 1.165) is 18.7 Å². The van der Waals surface area contributed by atoms with E-state index in [4.69, 9.17) is 0 Å². The summed E-state index contributed by atoms with van der Waals surface area (Å²) < 4.78 is 12.9. The predicted molar refractivity (Wildman–Crippen MR) is 77.7 cm³/mol. The van der Waals surface area contributed by atoms with Gasteiger partial charge in [-0.15, -0.1) is 0 Å². The van der Waals surface area contributed by atoms with Gasteiger partial charge in [0.15, 0.2) is 0 Å². The van der Waals surface area contributed by atoms with Crippen LogP contribution in [0.3, 0.4) is 0 Å². The second-order valence-electron chi connectivity index (χ2n) is 6.21. The van der Waals surface area contributed by atoms with E-state index in [-0.39, 0.29) is 23.8 Å². The second kappa shape index (κ2) is 7.01. The van der Waals surface area contributed by atoms with Gasteiger partial charge in [-0.05, 0) is 29.5 Å². The average Bonchev–Trinajstić information content (AvgIpc) is 2.34. The van der Waals surface area contributed by atoms with Gasteiger partial charge in [0.2, 0.25) is 0 Å². The summed E-state index contributed by atoms with van der Waals surface area (Å²) >= 11 is 0. The fourth-order valence-electron chi connectivity index (χ4n) is 2.08. The fraction of sp³-hybridized carbons (Fsp3) is 0.625. The Morgan fingerprint density at radius 1 is 1.21 bits per heavy atom. The molecule has 1 rings (SSSR count). The van der Waals surface area contributed by atoms with Crippen LogP contribution in [0.1, 0.15) is 33.3 Å². The molecule has 2 N–H and O–H groups in total. The number of benzene rings is 1. The molecular weight excluding hydrogens is 241 g/mol. The van der Waals surface area contributed by atoms with Crippen molar-refractivity contribution in [2.75, 3.05) is 19.7 Å².